The van der Waals surface area contributed by atoms with Crippen LogP contribution in [0.2, 0.25) is 0 Å². The van der Waals surface area contributed by atoms with Gasteiger partial charge in [0, 0.05) is 26.3 Å². The molecule has 6 nitrogen and oxygen atoms in total. The number of hydrogen-bond acceptors (Lipinski definition) is 5. The first-order valence-corrected chi connectivity index (χ1v) is 11.4. The van der Waals surface area contributed by atoms with Gasteiger partial charge in [0.1, 0.15) is 18.2 Å². The maximum Gasteiger partial charge on any atom is 0.303 e. The van der Waals surface area contributed by atoms with Crippen LogP contribution < -0.4 is 10.1 Å². The minimum absolute atomic E-state index is 0.135. The predicted octanol–water partition coefficient (Wildman–Crippen LogP) is 4.45. The Balaban J connectivity index is 1.92. The summed E-state index contributed by atoms with van der Waals surface area (Å²) < 4.78 is 45.0. The molecular formula is C26H31F2NO5. The van der Waals surface area contributed by atoms with Crippen molar-refractivity contribution in [2.45, 2.75) is 52.6 Å². The number of nitrogens with one attached hydrogen (secondary N) is 1. The standard InChI is InChI=1S/C26H31F2NO5/c1-15-16(2)25(32-18(4)31)26(34-24(15)14-27)33-22-9-8-19(10-11-29-17(3)30)23(13-22)20-6-5-7-21(28)12-20/h5-9,12-13,15-16,24-26H,10-11,14H2,1-4H3,(H,29,30)/t15-,16-,24+,25-,26-/m1/s1. The van der Waals surface area contributed by atoms with E-state index in [-0.39, 0.29) is 23.6 Å². The van der Waals surface area contributed by atoms with Gasteiger partial charge in [0.25, 0.3) is 0 Å². The van der Waals surface area contributed by atoms with Gasteiger partial charge in [-0.05, 0) is 53.3 Å². The highest BCUT2D eigenvalue weighted by Crippen LogP contribution is 2.36. The topological polar surface area (TPSA) is 73.9 Å². The van der Waals surface area contributed by atoms with Gasteiger partial charge >= 0.3 is 5.97 Å². The lowest BCUT2D eigenvalue weighted by atomic mass is 9.84. The average molecular weight is 476 g/mol. The average Bonchev–Trinajstić information content (AvgIpc) is 2.79. The minimum atomic E-state index is -0.999. The van der Waals surface area contributed by atoms with Gasteiger partial charge in [-0.15, -0.1) is 0 Å². The van der Waals surface area contributed by atoms with Crippen LogP contribution >= 0.6 is 0 Å². The molecule has 0 unspecified atom stereocenters. The number of hydrogen-bond donors (Lipinski definition) is 1. The van der Waals surface area contributed by atoms with Crippen LogP contribution in [0.1, 0.15) is 33.3 Å². The van der Waals surface area contributed by atoms with E-state index in [9.17, 15) is 18.4 Å². The van der Waals surface area contributed by atoms with Crippen molar-refractivity contribution in [1.82, 2.24) is 5.32 Å². The van der Waals surface area contributed by atoms with Gasteiger partial charge in [-0.1, -0.05) is 32.0 Å². The molecule has 34 heavy (non-hydrogen) atoms. The fourth-order valence-electron chi connectivity index (χ4n) is 4.16. The molecule has 1 aliphatic heterocycles. The number of alkyl halides is 1. The molecular weight excluding hydrogens is 444 g/mol. The number of benzene rings is 2. The number of amides is 1. The molecule has 2 aromatic carbocycles. The molecule has 2 aromatic rings. The molecule has 0 aliphatic carbocycles. The lowest BCUT2D eigenvalue weighted by Gasteiger charge is -2.42. The highest BCUT2D eigenvalue weighted by molar-refractivity contribution is 5.73. The van der Waals surface area contributed by atoms with Crippen molar-refractivity contribution < 1.29 is 32.6 Å². The van der Waals surface area contributed by atoms with Crippen LogP contribution in [-0.2, 0) is 25.5 Å². The Hall–Kier alpha value is -3.00. The van der Waals surface area contributed by atoms with Crippen molar-refractivity contribution in [2.75, 3.05) is 13.2 Å². The van der Waals surface area contributed by atoms with Crippen LogP contribution in [0.4, 0.5) is 8.78 Å². The predicted molar refractivity (Wildman–Crippen MR) is 123 cm³/mol. The second-order valence-corrected chi connectivity index (χ2v) is 8.67. The second kappa shape index (κ2) is 11.4. The molecule has 0 aromatic heterocycles. The van der Waals surface area contributed by atoms with Gasteiger partial charge in [-0.3, -0.25) is 9.59 Å². The molecule has 0 spiro atoms. The van der Waals surface area contributed by atoms with E-state index >= 15 is 0 Å². The maximum atomic E-state index is 14.0. The van der Waals surface area contributed by atoms with Crippen molar-refractivity contribution in [2.24, 2.45) is 11.8 Å². The Labute approximate surface area is 198 Å². The zero-order valence-electron chi connectivity index (χ0n) is 19.8. The number of halogens is 2. The van der Waals surface area contributed by atoms with E-state index in [0.717, 1.165) is 11.1 Å². The number of esters is 1. The Morgan fingerprint density at radius 3 is 2.50 bits per heavy atom. The molecule has 1 N–H and O–H groups in total. The monoisotopic (exact) mass is 475 g/mol. The van der Waals surface area contributed by atoms with Crippen LogP contribution in [0.15, 0.2) is 42.5 Å². The van der Waals surface area contributed by atoms with E-state index in [1.807, 2.05) is 19.9 Å². The molecule has 0 bridgehead atoms. The van der Waals surface area contributed by atoms with Gasteiger partial charge in [-0.2, -0.15) is 0 Å². The number of carbonyl (C=O) groups is 2. The summed E-state index contributed by atoms with van der Waals surface area (Å²) in [5.41, 5.74) is 2.26. The van der Waals surface area contributed by atoms with Gasteiger partial charge in [0.15, 0.2) is 6.10 Å². The van der Waals surface area contributed by atoms with E-state index in [2.05, 4.69) is 5.32 Å². The molecule has 1 amide bonds. The Morgan fingerprint density at radius 1 is 1.09 bits per heavy atom. The third-order valence-electron chi connectivity index (χ3n) is 6.20. The van der Waals surface area contributed by atoms with Crippen LogP contribution in [0.25, 0.3) is 11.1 Å². The summed E-state index contributed by atoms with van der Waals surface area (Å²) in [6, 6.07) is 11.5. The van der Waals surface area contributed by atoms with E-state index in [1.54, 1.807) is 24.3 Å². The summed E-state index contributed by atoms with van der Waals surface area (Å²) in [5.74, 6) is -0.950. The maximum absolute atomic E-state index is 14.0. The van der Waals surface area contributed by atoms with E-state index in [1.165, 1.54) is 26.0 Å². The van der Waals surface area contributed by atoms with Crippen LogP contribution in [0, 0.1) is 17.7 Å². The van der Waals surface area contributed by atoms with Crippen LogP contribution in [0.3, 0.4) is 0 Å². The fourth-order valence-corrected chi connectivity index (χ4v) is 4.16. The van der Waals surface area contributed by atoms with Crippen LogP contribution in [-0.4, -0.2) is 43.6 Å². The second-order valence-electron chi connectivity index (χ2n) is 8.67. The molecule has 8 heteroatoms. The molecule has 0 radical (unpaired) electrons. The van der Waals surface area contributed by atoms with Gasteiger partial charge in [0.05, 0.1) is 6.10 Å². The molecule has 1 fully saturated rings. The third-order valence-corrected chi connectivity index (χ3v) is 6.20. The van der Waals surface area contributed by atoms with Gasteiger partial charge in [0.2, 0.25) is 12.2 Å². The van der Waals surface area contributed by atoms with Crippen molar-refractivity contribution in [1.29, 1.82) is 0 Å². The molecule has 3 rings (SSSR count). The molecule has 5 atom stereocenters. The number of ether oxygens (including phenoxy) is 3. The van der Waals surface area contributed by atoms with Gasteiger partial charge in [-0.25, -0.2) is 8.78 Å². The first kappa shape index (κ1) is 25.6. The van der Waals surface area contributed by atoms with E-state index in [4.69, 9.17) is 14.2 Å². The SMILES string of the molecule is CC(=O)NCCc1ccc(O[C@@H]2O[C@@H](CF)[C@H](C)[C@@H](C)[C@H]2OC(C)=O)cc1-c1cccc(F)c1. The quantitative estimate of drug-likeness (QED) is 0.571. The zero-order chi connectivity index (χ0) is 24.8. The van der Waals surface area contributed by atoms with E-state index in [0.29, 0.717) is 24.3 Å². The summed E-state index contributed by atoms with van der Waals surface area (Å²) >= 11 is 0. The highest BCUT2D eigenvalue weighted by atomic mass is 19.1. The summed E-state index contributed by atoms with van der Waals surface area (Å²) in [4.78, 5) is 23.0. The summed E-state index contributed by atoms with van der Waals surface area (Å²) in [6.45, 7) is 6.22. The summed E-state index contributed by atoms with van der Waals surface area (Å²) in [5, 5.41) is 2.76. The summed E-state index contributed by atoms with van der Waals surface area (Å²) in [6.07, 6.45) is -1.87. The lowest BCUT2D eigenvalue weighted by molar-refractivity contribution is -0.248. The smallest absolute Gasteiger partial charge is 0.303 e. The molecule has 0 saturated carbocycles. The largest absolute Gasteiger partial charge is 0.461 e. The zero-order valence-corrected chi connectivity index (χ0v) is 19.8. The molecule has 1 aliphatic rings. The highest BCUT2D eigenvalue weighted by Gasteiger charge is 2.44. The van der Waals surface area contributed by atoms with Crippen LogP contribution in [0.5, 0.6) is 5.75 Å². The van der Waals surface area contributed by atoms with Crippen molar-refractivity contribution in [3.63, 3.8) is 0 Å². The Morgan fingerprint density at radius 2 is 1.85 bits per heavy atom. The summed E-state index contributed by atoms with van der Waals surface area (Å²) in [7, 11) is 0. The minimum Gasteiger partial charge on any atom is -0.461 e. The molecule has 1 heterocycles. The normalized spacial score (nSPS) is 24.4. The molecule has 1 saturated heterocycles. The number of rotatable bonds is 8. The Kier molecular flexibility index (Phi) is 8.61. The van der Waals surface area contributed by atoms with Crippen molar-refractivity contribution in [3.05, 3.63) is 53.8 Å². The first-order chi connectivity index (χ1) is 16.2. The van der Waals surface area contributed by atoms with Gasteiger partial charge < -0.3 is 19.5 Å². The lowest BCUT2D eigenvalue weighted by Crippen LogP contribution is -2.53. The first-order valence-electron chi connectivity index (χ1n) is 11.4. The van der Waals surface area contributed by atoms with Crippen molar-refractivity contribution >= 4 is 11.9 Å². The molecule has 184 valence electrons. The number of carbonyl (C=O) groups excluding carboxylic acids is 2. The fraction of sp³-hybridized carbons (Fsp3) is 0.462. The third kappa shape index (κ3) is 6.32. The van der Waals surface area contributed by atoms with Crippen molar-refractivity contribution in [3.8, 4) is 16.9 Å². The van der Waals surface area contributed by atoms with E-state index < -0.39 is 31.1 Å². The Bertz CT molecular complexity index is 1010.